The lowest BCUT2D eigenvalue weighted by Crippen LogP contribution is -2.38. The van der Waals surface area contributed by atoms with Crippen molar-refractivity contribution in [2.75, 3.05) is 29.4 Å². The van der Waals surface area contributed by atoms with Crippen molar-refractivity contribution >= 4 is 28.3 Å². The number of rotatable bonds is 3. The summed E-state index contributed by atoms with van der Waals surface area (Å²) in [6, 6.07) is 18.8. The molecule has 0 atom stereocenters. The van der Waals surface area contributed by atoms with Crippen molar-refractivity contribution in [1.29, 1.82) is 0 Å². The molecule has 1 amide bonds. The molecule has 33 heavy (non-hydrogen) atoms. The predicted octanol–water partition coefficient (Wildman–Crippen LogP) is 5.00. The van der Waals surface area contributed by atoms with E-state index in [4.69, 9.17) is 5.10 Å². The van der Waals surface area contributed by atoms with Gasteiger partial charge in [-0.3, -0.25) is 9.69 Å². The first-order chi connectivity index (χ1) is 16.1. The Morgan fingerprint density at radius 3 is 2.48 bits per heavy atom. The SMILES string of the molecule is Cc1nn2c(c1-c1ccccc1N1CCCC1)N(C(=O)c1cc3ccccc3n1C)CCC2. The maximum Gasteiger partial charge on any atom is 0.276 e. The Kier molecular flexibility index (Phi) is 4.75. The third-order valence-electron chi connectivity index (χ3n) is 7.14. The van der Waals surface area contributed by atoms with Crippen molar-refractivity contribution < 1.29 is 4.79 Å². The van der Waals surface area contributed by atoms with Gasteiger partial charge in [-0.1, -0.05) is 36.4 Å². The van der Waals surface area contributed by atoms with Gasteiger partial charge in [-0.15, -0.1) is 0 Å². The van der Waals surface area contributed by atoms with E-state index >= 15 is 0 Å². The average Bonchev–Trinajstić information content (AvgIpc) is 3.56. The summed E-state index contributed by atoms with van der Waals surface area (Å²) in [6.07, 6.45) is 3.35. The number of fused-ring (bicyclic) bond motifs is 2. The molecule has 0 radical (unpaired) electrons. The van der Waals surface area contributed by atoms with Gasteiger partial charge in [-0.25, -0.2) is 4.68 Å². The molecule has 6 heteroatoms. The molecule has 0 aliphatic carbocycles. The zero-order chi connectivity index (χ0) is 22.5. The van der Waals surface area contributed by atoms with E-state index in [1.807, 2.05) is 39.4 Å². The Balaban J connectivity index is 1.49. The molecular weight excluding hydrogens is 410 g/mol. The number of benzene rings is 2. The van der Waals surface area contributed by atoms with E-state index in [-0.39, 0.29) is 5.91 Å². The second-order valence-corrected chi connectivity index (χ2v) is 9.18. The second-order valence-electron chi connectivity index (χ2n) is 9.18. The fourth-order valence-corrected chi connectivity index (χ4v) is 5.55. The fourth-order valence-electron chi connectivity index (χ4n) is 5.55. The quantitative estimate of drug-likeness (QED) is 0.451. The van der Waals surface area contributed by atoms with Crippen LogP contribution in [0.5, 0.6) is 0 Å². The summed E-state index contributed by atoms with van der Waals surface area (Å²) in [7, 11) is 1.98. The molecule has 2 aliphatic rings. The third kappa shape index (κ3) is 3.16. The molecule has 168 valence electrons. The summed E-state index contributed by atoms with van der Waals surface area (Å²) in [5.74, 6) is 0.968. The molecular formula is C27H29N5O. The number of nitrogens with zero attached hydrogens (tertiary/aromatic N) is 5. The zero-order valence-corrected chi connectivity index (χ0v) is 19.3. The monoisotopic (exact) mass is 439 g/mol. The highest BCUT2D eigenvalue weighted by molar-refractivity contribution is 6.09. The van der Waals surface area contributed by atoms with Gasteiger partial charge < -0.3 is 9.47 Å². The topological polar surface area (TPSA) is 46.3 Å². The summed E-state index contributed by atoms with van der Waals surface area (Å²) in [6.45, 7) is 5.77. The maximum atomic E-state index is 13.9. The van der Waals surface area contributed by atoms with E-state index in [2.05, 4.69) is 48.2 Å². The fraction of sp³-hybridized carbons (Fsp3) is 0.333. The number of carbonyl (C=O) groups excluding carboxylic acids is 1. The molecule has 1 saturated heterocycles. The first kappa shape index (κ1) is 20.1. The lowest BCUT2D eigenvalue weighted by Gasteiger charge is -2.30. The normalized spacial score (nSPS) is 15.9. The minimum Gasteiger partial charge on any atom is -0.371 e. The molecule has 0 spiro atoms. The van der Waals surface area contributed by atoms with Crippen LogP contribution >= 0.6 is 0 Å². The van der Waals surface area contributed by atoms with Crippen LogP contribution in [0.4, 0.5) is 11.5 Å². The number of hydrogen-bond donors (Lipinski definition) is 0. The van der Waals surface area contributed by atoms with Gasteiger partial charge >= 0.3 is 0 Å². The summed E-state index contributed by atoms with van der Waals surface area (Å²) < 4.78 is 4.05. The number of para-hydroxylation sites is 2. The second kappa shape index (κ2) is 7.80. The van der Waals surface area contributed by atoms with Crippen LogP contribution in [0.1, 0.15) is 35.4 Å². The van der Waals surface area contributed by atoms with Crippen molar-refractivity contribution in [2.24, 2.45) is 7.05 Å². The van der Waals surface area contributed by atoms with Crippen LogP contribution < -0.4 is 9.80 Å². The summed E-state index contributed by atoms with van der Waals surface area (Å²) >= 11 is 0. The van der Waals surface area contributed by atoms with Crippen LogP contribution in [-0.2, 0) is 13.6 Å². The van der Waals surface area contributed by atoms with Crippen LogP contribution in [0, 0.1) is 6.92 Å². The summed E-state index contributed by atoms with van der Waals surface area (Å²) in [5, 5.41) is 5.97. The van der Waals surface area contributed by atoms with Crippen molar-refractivity contribution in [2.45, 2.75) is 32.7 Å². The first-order valence-electron chi connectivity index (χ1n) is 11.9. The maximum absolute atomic E-state index is 13.9. The number of carbonyl (C=O) groups is 1. The van der Waals surface area contributed by atoms with E-state index in [0.717, 1.165) is 54.0 Å². The Morgan fingerprint density at radius 2 is 1.67 bits per heavy atom. The number of amides is 1. The average molecular weight is 440 g/mol. The van der Waals surface area contributed by atoms with E-state index in [9.17, 15) is 4.79 Å². The van der Waals surface area contributed by atoms with Gasteiger partial charge in [0.15, 0.2) is 0 Å². The Morgan fingerprint density at radius 1 is 0.909 bits per heavy atom. The molecule has 6 nitrogen and oxygen atoms in total. The number of aromatic nitrogens is 3. The summed E-state index contributed by atoms with van der Waals surface area (Å²) in [4.78, 5) is 18.4. The zero-order valence-electron chi connectivity index (χ0n) is 19.3. The van der Waals surface area contributed by atoms with E-state index in [1.54, 1.807) is 0 Å². The van der Waals surface area contributed by atoms with Crippen LogP contribution in [0.25, 0.3) is 22.0 Å². The van der Waals surface area contributed by atoms with Crippen LogP contribution in [0.15, 0.2) is 54.6 Å². The van der Waals surface area contributed by atoms with Gasteiger partial charge in [0.2, 0.25) is 0 Å². The van der Waals surface area contributed by atoms with Gasteiger partial charge in [0.1, 0.15) is 11.5 Å². The first-order valence-corrected chi connectivity index (χ1v) is 11.9. The van der Waals surface area contributed by atoms with Crippen molar-refractivity contribution in [3.05, 3.63) is 66.0 Å². The van der Waals surface area contributed by atoms with E-state index < -0.39 is 0 Å². The van der Waals surface area contributed by atoms with Crippen molar-refractivity contribution in [1.82, 2.24) is 14.3 Å². The molecule has 6 rings (SSSR count). The van der Waals surface area contributed by atoms with Crippen LogP contribution in [0.2, 0.25) is 0 Å². The Bertz CT molecular complexity index is 1360. The van der Waals surface area contributed by atoms with Gasteiger partial charge in [-0.05, 0) is 44.4 Å². The third-order valence-corrected chi connectivity index (χ3v) is 7.14. The molecule has 0 unspecified atom stereocenters. The number of hydrogen-bond acceptors (Lipinski definition) is 3. The van der Waals surface area contributed by atoms with E-state index in [1.165, 1.54) is 24.1 Å². The highest BCUT2D eigenvalue weighted by Crippen LogP contribution is 2.42. The largest absolute Gasteiger partial charge is 0.371 e. The summed E-state index contributed by atoms with van der Waals surface area (Å²) in [5.41, 5.74) is 6.27. The molecule has 0 saturated carbocycles. The highest BCUT2D eigenvalue weighted by atomic mass is 16.2. The van der Waals surface area contributed by atoms with Crippen LogP contribution in [-0.4, -0.2) is 39.9 Å². The van der Waals surface area contributed by atoms with Gasteiger partial charge in [0.25, 0.3) is 5.91 Å². The van der Waals surface area contributed by atoms with Crippen molar-refractivity contribution in [3.8, 4) is 11.1 Å². The lowest BCUT2D eigenvalue weighted by atomic mass is 10.0. The minimum atomic E-state index is 0.0365. The standard InChI is InChI=1S/C27H29N5O/c1-19-25(21-11-4-6-13-23(21)30-14-7-8-15-30)26-31(16-9-17-32(26)28-19)27(33)24-18-20-10-3-5-12-22(20)29(24)2/h3-6,10-13,18H,7-9,14-17H2,1-2H3. The molecule has 4 aromatic rings. The van der Waals surface area contributed by atoms with Crippen LogP contribution in [0.3, 0.4) is 0 Å². The van der Waals surface area contributed by atoms with E-state index in [0.29, 0.717) is 12.2 Å². The lowest BCUT2D eigenvalue weighted by molar-refractivity contribution is 0.0974. The highest BCUT2D eigenvalue weighted by Gasteiger charge is 2.32. The molecule has 2 aromatic carbocycles. The Hall–Kier alpha value is -3.54. The Labute approximate surface area is 194 Å². The number of aryl methyl sites for hydroxylation is 3. The molecule has 1 fully saturated rings. The van der Waals surface area contributed by atoms with Gasteiger partial charge in [-0.2, -0.15) is 5.10 Å². The number of anilines is 2. The van der Waals surface area contributed by atoms with Gasteiger partial charge in [0, 0.05) is 60.9 Å². The smallest absolute Gasteiger partial charge is 0.276 e. The predicted molar refractivity (Wildman–Crippen MR) is 133 cm³/mol. The van der Waals surface area contributed by atoms with Gasteiger partial charge in [0.05, 0.1) is 5.69 Å². The molecule has 2 aromatic heterocycles. The molecule has 4 heterocycles. The minimum absolute atomic E-state index is 0.0365. The molecule has 0 N–H and O–H groups in total. The van der Waals surface area contributed by atoms with Crippen molar-refractivity contribution in [3.63, 3.8) is 0 Å². The molecule has 2 aliphatic heterocycles. The molecule has 0 bridgehead atoms.